The van der Waals surface area contributed by atoms with Gasteiger partial charge in [-0.3, -0.25) is 4.79 Å². The van der Waals surface area contributed by atoms with E-state index in [9.17, 15) is 19.8 Å². The maximum absolute atomic E-state index is 12.1. The molecule has 0 bridgehead atoms. The highest BCUT2D eigenvalue weighted by molar-refractivity contribution is 5.97. The number of hydrogen-bond acceptors (Lipinski definition) is 7. The van der Waals surface area contributed by atoms with Crippen molar-refractivity contribution in [2.75, 3.05) is 0 Å². The molecular weight excluding hydrogens is 556 g/mol. The summed E-state index contributed by atoms with van der Waals surface area (Å²) in [6.07, 6.45) is 25.7. The van der Waals surface area contributed by atoms with Crippen LogP contribution in [0.15, 0.2) is 11.6 Å². The number of cyclic esters (lactones) is 1. The zero-order valence-electron chi connectivity index (χ0n) is 28.0. The van der Waals surface area contributed by atoms with E-state index in [0.29, 0.717) is 12.0 Å². The highest BCUT2D eigenvalue weighted by atomic mass is 16.6. The second-order valence-electron chi connectivity index (χ2n) is 13.9. The van der Waals surface area contributed by atoms with Crippen LogP contribution in [0.5, 0.6) is 0 Å². The Balaban J connectivity index is 1.13. The van der Waals surface area contributed by atoms with Crippen LogP contribution in [-0.2, 0) is 23.8 Å². The van der Waals surface area contributed by atoms with Crippen molar-refractivity contribution in [2.24, 2.45) is 0 Å². The van der Waals surface area contributed by atoms with Gasteiger partial charge >= 0.3 is 5.97 Å². The lowest BCUT2D eigenvalue weighted by Crippen LogP contribution is -2.33. The number of aliphatic hydroxyl groups excluding tert-OH is 2. The first-order chi connectivity index (χ1) is 21.4. The number of Topliss-reactive ketones (excluding diaryl/α,β-unsaturated/α-hetero) is 1. The van der Waals surface area contributed by atoms with Crippen molar-refractivity contribution in [1.29, 1.82) is 0 Å². The summed E-state index contributed by atoms with van der Waals surface area (Å²) in [7, 11) is 0. The van der Waals surface area contributed by atoms with Crippen LogP contribution < -0.4 is 0 Å². The van der Waals surface area contributed by atoms with Gasteiger partial charge in [-0.15, -0.1) is 0 Å². The van der Waals surface area contributed by atoms with E-state index >= 15 is 0 Å². The fraction of sp³-hybridized carbons (Fsp3) is 0.892. The fourth-order valence-corrected chi connectivity index (χ4v) is 7.15. The molecule has 2 fully saturated rings. The minimum Gasteiger partial charge on any atom is -0.455 e. The van der Waals surface area contributed by atoms with E-state index in [1.165, 1.54) is 64.2 Å². The molecule has 3 aliphatic rings. The van der Waals surface area contributed by atoms with E-state index < -0.39 is 6.10 Å². The molecule has 0 spiro atoms. The number of carbonyl (C=O) groups excluding carboxylic acids is 2. The van der Waals surface area contributed by atoms with Crippen molar-refractivity contribution in [2.45, 2.75) is 211 Å². The van der Waals surface area contributed by atoms with Gasteiger partial charge in [0.05, 0.1) is 36.6 Å². The van der Waals surface area contributed by atoms with Gasteiger partial charge in [-0.25, -0.2) is 4.79 Å². The van der Waals surface area contributed by atoms with Crippen LogP contribution in [0.2, 0.25) is 0 Å². The molecule has 7 nitrogen and oxygen atoms in total. The van der Waals surface area contributed by atoms with Crippen molar-refractivity contribution >= 4 is 11.8 Å². The highest BCUT2D eigenvalue weighted by Gasteiger charge is 2.40. The molecule has 7 atom stereocenters. The maximum Gasteiger partial charge on any atom is 0.334 e. The van der Waals surface area contributed by atoms with Crippen molar-refractivity contribution in [3.8, 4) is 0 Å². The van der Waals surface area contributed by atoms with Gasteiger partial charge in [-0.2, -0.15) is 0 Å². The zero-order chi connectivity index (χ0) is 31.6. The molecule has 0 aromatic rings. The van der Waals surface area contributed by atoms with Crippen LogP contribution in [0, 0.1) is 0 Å². The predicted molar refractivity (Wildman–Crippen MR) is 174 cm³/mol. The van der Waals surface area contributed by atoms with E-state index in [1.54, 1.807) is 6.08 Å². The summed E-state index contributed by atoms with van der Waals surface area (Å²) in [5.41, 5.74) is 0.517. The SMILES string of the molecule is CCCCCCCCCC[C@H](O)[C@H]1CC[C@@H]([C@@H]2CC[C@H]([C@H](O)CCCCCCCCCCC(=O)CC3=C[C@H](C)OC3=O)O2)O1. The van der Waals surface area contributed by atoms with Gasteiger partial charge in [0.25, 0.3) is 0 Å². The van der Waals surface area contributed by atoms with Crippen LogP contribution in [0.25, 0.3) is 0 Å². The Morgan fingerprint density at radius 1 is 0.727 bits per heavy atom. The molecule has 0 unspecified atom stereocenters. The number of ether oxygens (including phenoxy) is 3. The lowest BCUT2D eigenvalue weighted by atomic mass is 10.00. The lowest BCUT2D eigenvalue weighted by molar-refractivity contribution is -0.139. The molecule has 0 saturated carbocycles. The van der Waals surface area contributed by atoms with Crippen molar-refractivity contribution < 1.29 is 34.0 Å². The lowest BCUT2D eigenvalue weighted by Gasteiger charge is -2.24. The Bertz CT molecular complexity index is 842. The first-order valence-corrected chi connectivity index (χ1v) is 18.5. The van der Waals surface area contributed by atoms with Crippen molar-refractivity contribution in [3.05, 3.63) is 11.6 Å². The second-order valence-corrected chi connectivity index (χ2v) is 13.9. The first-order valence-electron chi connectivity index (χ1n) is 18.5. The third-order valence-corrected chi connectivity index (χ3v) is 9.88. The number of rotatable bonds is 25. The predicted octanol–water partition coefficient (Wildman–Crippen LogP) is 8.07. The maximum atomic E-state index is 12.1. The molecule has 0 aliphatic carbocycles. The van der Waals surface area contributed by atoms with Gasteiger partial charge in [-0.1, -0.05) is 103 Å². The third-order valence-electron chi connectivity index (χ3n) is 9.88. The van der Waals surface area contributed by atoms with Gasteiger partial charge in [0.15, 0.2) is 0 Å². The number of ketones is 1. The zero-order valence-corrected chi connectivity index (χ0v) is 28.0. The van der Waals surface area contributed by atoms with E-state index in [2.05, 4.69) is 6.92 Å². The smallest absolute Gasteiger partial charge is 0.334 e. The second kappa shape index (κ2) is 21.5. The quantitative estimate of drug-likeness (QED) is 0.0786. The number of unbranched alkanes of at least 4 members (excludes halogenated alkanes) is 14. The Kier molecular flexibility index (Phi) is 18.2. The summed E-state index contributed by atoms with van der Waals surface area (Å²) >= 11 is 0. The van der Waals surface area contributed by atoms with Crippen LogP contribution >= 0.6 is 0 Å². The number of esters is 1. The molecule has 0 amide bonds. The third kappa shape index (κ3) is 14.0. The standard InChI is InChI=1S/C37H64O7/c1-3-4-5-6-7-11-14-17-20-31(39)33-22-24-35(43-33)36-25-23-34(44-36)32(40)21-18-15-12-9-8-10-13-16-19-30(38)27-29-26-28(2)42-37(29)41/h26,28,31-36,39-40H,3-25,27H2,1-2H3/t28-,31-,32+,33+,34+,35-,36-/m0/s1. The van der Waals surface area contributed by atoms with Gasteiger partial charge in [0.2, 0.25) is 0 Å². The number of aliphatic hydroxyl groups is 2. The molecule has 7 heteroatoms. The van der Waals surface area contributed by atoms with E-state index in [4.69, 9.17) is 14.2 Å². The van der Waals surface area contributed by atoms with Crippen LogP contribution in [-0.4, -0.2) is 64.7 Å². The normalized spacial score (nSPS) is 26.6. The fourth-order valence-electron chi connectivity index (χ4n) is 7.15. The van der Waals surface area contributed by atoms with Gasteiger partial charge in [0, 0.05) is 18.4 Å². The summed E-state index contributed by atoms with van der Waals surface area (Å²) in [5, 5.41) is 21.4. The van der Waals surface area contributed by atoms with Crippen LogP contribution in [0.1, 0.15) is 168 Å². The largest absolute Gasteiger partial charge is 0.455 e. The molecule has 2 saturated heterocycles. The Labute approximate surface area is 267 Å². The molecule has 44 heavy (non-hydrogen) atoms. The van der Waals surface area contributed by atoms with Crippen LogP contribution in [0.4, 0.5) is 0 Å². The average Bonchev–Trinajstić information content (AvgIpc) is 3.75. The highest BCUT2D eigenvalue weighted by Crippen LogP contribution is 2.34. The summed E-state index contributed by atoms with van der Waals surface area (Å²) < 4.78 is 17.6. The topological polar surface area (TPSA) is 102 Å². The average molecular weight is 621 g/mol. The van der Waals surface area contributed by atoms with E-state index in [-0.39, 0.29) is 54.8 Å². The molecule has 254 valence electrons. The van der Waals surface area contributed by atoms with Gasteiger partial charge < -0.3 is 24.4 Å². The Hall–Kier alpha value is -1.28. The van der Waals surface area contributed by atoms with Crippen molar-refractivity contribution in [1.82, 2.24) is 0 Å². The first kappa shape index (κ1) is 37.2. The van der Waals surface area contributed by atoms with E-state index in [1.807, 2.05) is 6.92 Å². The minimum atomic E-state index is -0.410. The number of carbonyl (C=O) groups is 2. The summed E-state index contributed by atoms with van der Waals surface area (Å²) in [5.74, 6) is -0.215. The minimum absolute atomic E-state index is 0.0465. The van der Waals surface area contributed by atoms with E-state index in [0.717, 1.165) is 77.0 Å². The molecule has 3 heterocycles. The van der Waals surface area contributed by atoms with Gasteiger partial charge in [0.1, 0.15) is 11.9 Å². The molecule has 3 rings (SSSR count). The summed E-state index contributed by atoms with van der Waals surface area (Å²) in [4.78, 5) is 23.7. The monoisotopic (exact) mass is 620 g/mol. The molecule has 3 aliphatic heterocycles. The van der Waals surface area contributed by atoms with Crippen molar-refractivity contribution in [3.63, 3.8) is 0 Å². The number of hydrogen-bond donors (Lipinski definition) is 2. The summed E-state index contributed by atoms with van der Waals surface area (Å²) in [6, 6.07) is 0. The van der Waals surface area contributed by atoms with Gasteiger partial charge in [-0.05, 0) is 57.9 Å². The van der Waals surface area contributed by atoms with Crippen LogP contribution in [0.3, 0.4) is 0 Å². The Morgan fingerprint density at radius 2 is 1.18 bits per heavy atom. The molecular formula is C37H64O7. The molecule has 0 radical (unpaired) electrons. The molecule has 0 aromatic heterocycles. The molecule has 0 aromatic carbocycles. The Morgan fingerprint density at radius 3 is 1.64 bits per heavy atom. The summed E-state index contributed by atoms with van der Waals surface area (Å²) in [6.45, 7) is 4.06. The molecule has 2 N–H and O–H groups in total.